The minimum absolute atomic E-state index is 0.0645. The number of fused-ring (bicyclic) bond motifs is 2. The van der Waals surface area contributed by atoms with E-state index in [2.05, 4.69) is 20.5 Å². The predicted molar refractivity (Wildman–Crippen MR) is 117 cm³/mol. The SMILES string of the molecule is Cc1ccc(F)c2cc(C(=O)N[C@@H]3CCC[C@H](N4CCN5C(=O)NCCC5C4)C3)[nH]c12. The van der Waals surface area contributed by atoms with Crippen molar-refractivity contribution in [2.75, 3.05) is 26.2 Å². The van der Waals surface area contributed by atoms with E-state index in [0.29, 0.717) is 28.7 Å². The highest BCUT2D eigenvalue weighted by Crippen LogP contribution is 2.28. The van der Waals surface area contributed by atoms with Gasteiger partial charge in [0, 0.05) is 49.7 Å². The molecule has 1 aromatic heterocycles. The number of carbonyl (C=O) groups is 2. The maximum absolute atomic E-state index is 14.1. The number of amides is 3. The van der Waals surface area contributed by atoms with E-state index in [1.165, 1.54) is 6.07 Å². The summed E-state index contributed by atoms with van der Waals surface area (Å²) in [6.45, 7) is 5.22. The van der Waals surface area contributed by atoms with E-state index >= 15 is 0 Å². The molecule has 3 N–H and O–H groups in total. The first kappa shape index (κ1) is 20.3. The third-order valence-corrected chi connectivity index (χ3v) is 7.22. The lowest BCUT2D eigenvalue weighted by molar-refractivity contribution is 0.0381. The highest BCUT2D eigenvalue weighted by molar-refractivity contribution is 5.99. The summed E-state index contributed by atoms with van der Waals surface area (Å²) in [5.41, 5.74) is 2.01. The standard InChI is InChI=1S/C23H30FN5O2/c1-14-5-6-19(24)18-12-20(27-21(14)18)22(30)26-15-3-2-4-16(11-15)28-9-10-29-17(13-28)7-8-25-23(29)31/h5-6,12,15-17,27H,2-4,7-11,13H2,1H3,(H,25,31)(H,26,30)/t15-,16+,17?/m1/s1. The van der Waals surface area contributed by atoms with Crippen molar-refractivity contribution in [2.45, 2.75) is 57.2 Å². The second-order valence-corrected chi connectivity index (χ2v) is 9.19. The number of piperazine rings is 1. The first-order valence-electron chi connectivity index (χ1n) is 11.4. The fourth-order valence-corrected chi connectivity index (χ4v) is 5.51. The van der Waals surface area contributed by atoms with Gasteiger partial charge in [-0.1, -0.05) is 6.07 Å². The summed E-state index contributed by atoms with van der Waals surface area (Å²) >= 11 is 0. The Hall–Kier alpha value is -2.61. The lowest BCUT2D eigenvalue weighted by atomic mass is 9.88. The number of rotatable bonds is 3. The van der Waals surface area contributed by atoms with Crippen molar-refractivity contribution in [1.29, 1.82) is 0 Å². The molecule has 2 aromatic rings. The minimum atomic E-state index is -0.316. The van der Waals surface area contributed by atoms with E-state index in [1.54, 1.807) is 12.1 Å². The number of H-pyrrole nitrogens is 1. The highest BCUT2D eigenvalue weighted by atomic mass is 19.1. The van der Waals surface area contributed by atoms with Crippen LogP contribution in [0.15, 0.2) is 18.2 Å². The molecule has 1 aromatic carbocycles. The molecule has 166 valence electrons. The Kier molecular flexibility index (Phi) is 5.33. The van der Waals surface area contributed by atoms with Gasteiger partial charge >= 0.3 is 6.03 Å². The van der Waals surface area contributed by atoms with Gasteiger partial charge in [0.05, 0.1) is 5.52 Å². The third-order valence-electron chi connectivity index (χ3n) is 7.22. The molecular formula is C23H30FN5O2. The molecule has 5 rings (SSSR count). The van der Waals surface area contributed by atoms with Gasteiger partial charge in [-0.05, 0) is 56.7 Å². The summed E-state index contributed by atoms with van der Waals surface area (Å²) in [6, 6.07) is 5.66. The summed E-state index contributed by atoms with van der Waals surface area (Å²) in [5.74, 6) is -0.487. The van der Waals surface area contributed by atoms with Crippen molar-refractivity contribution < 1.29 is 14.0 Å². The average molecular weight is 428 g/mol. The molecule has 1 saturated carbocycles. The second-order valence-electron chi connectivity index (χ2n) is 9.19. The average Bonchev–Trinajstić information content (AvgIpc) is 3.24. The molecule has 0 spiro atoms. The zero-order chi connectivity index (χ0) is 21.5. The van der Waals surface area contributed by atoms with Crippen molar-refractivity contribution in [1.82, 2.24) is 25.4 Å². The summed E-state index contributed by atoms with van der Waals surface area (Å²) < 4.78 is 14.1. The van der Waals surface area contributed by atoms with Crippen LogP contribution in [0.5, 0.6) is 0 Å². The van der Waals surface area contributed by atoms with Gasteiger partial charge < -0.3 is 20.5 Å². The number of carbonyl (C=O) groups excluding carboxylic acids is 2. The van der Waals surface area contributed by atoms with Crippen molar-refractivity contribution in [3.63, 3.8) is 0 Å². The Morgan fingerprint density at radius 3 is 2.90 bits per heavy atom. The number of halogens is 1. The van der Waals surface area contributed by atoms with E-state index in [0.717, 1.165) is 63.8 Å². The van der Waals surface area contributed by atoms with E-state index in [1.807, 2.05) is 11.8 Å². The largest absolute Gasteiger partial charge is 0.350 e. The molecule has 3 aliphatic rings. The van der Waals surface area contributed by atoms with Crippen molar-refractivity contribution >= 4 is 22.8 Å². The third kappa shape index (κ3) is 3.89. The summed E-state index contributed by atoms with van der Waals surface area (Å²) in [5, 5.41) is 6.56. The van der Waals surface area contributed by atoms with E-state index in [4.69, 9.17) is 0 Å². The highest BCUT2D eigenvalue weighted by Gasteiger charge is 2.37. The molecule has 8 heteroatoms. The van der Waals surface area contributed by atoms with E-state index < -0.39 is 0 Å². The number of benzene rings is 1. The monoisotopic (exact) mass is 427 g/mol. The molecule has 2 aliphatic heterocycles. The molecule has 1 aliphatic carbocycles. The molecule has 3 atom stereocenters. The molecule has 2 saturated heterocycles. The molecule has 3 heterocycles. The Balaban J connectivity index is 1.23. The van der Waals surface area contributed by atoms with Crippen LogP contribution in [0.2, 0.25) is 0 Å². The van der Waals surface area contributed by atoms with Gasteiger partial charge in [0.15, 0.2) is 0 Å². The van der Waals surface area contributed by atoms with Crippen LogP contribution in [0.25, 0.3) is 10.9 Å². The minimum Gasteiger partial charge on any atom is -0.350 e. The number of aromatic nitrogens is 1. The fourth-order valence-electron chi connectivity index (χ4n) is 5.51. The number of aromatic amines is 1. The van der Waals surface area contributed by atoms with Crippen molar-refractivity contribution in [2.24, 2.45) is 0 Å². The molecule has 1 unspecified atom stereocenters. The molecule has 0 bridgehead atoms. The van der Waals surface area contributed by atoms with Crippen LogP contribution in [0.3, 0.4) is 0 Å². The Morgan fingerprint density at radius 2 is 2.06 bits per heavy atom. The van der Waals surface area contributed by atoms with Crippen LogP contribution in [-0.2, 0) is 0 Å². The van der Waals surface area contributed by atoms with Gasteiger partial charge in [0.25, 0.3) is 5.91 Å². The quantitative estimate of drug-likeness (QED) is 0.705. The number of hydrogen-bond acceptors (Lipinski definition) is 3. The summed E-state index contributed by atoms with van der Waals surface area (Å²) in [4.78, 5) is 32.5. The first-order valence-corrected chi connectivity index (χ1v) is 11.4. The van der Waals surface area contributed by atoms with E-state index in [9.17, 15) is 14.0 Å². The lowest BCUT2D eigenvalue weighted by Crippen LogP contribution is -2.63. The molecule has 0 radical (unpaired) electrons. The predicted octanol–water partition coefficient (Wildman–Crippen LogP) is 2.76. The van der Waals surface area contributed by atoms with Gasteiger partial charge in [-0.15, -0.1) is 0 Å². The molecule has 7 nitrogen and oxygen atoms in total. The fraction of sp³-hybridized carbons (Fsp3) is 0.565. The number of urea groups is 1. The molecular weight excluding hydrogens is 397 g/mol. The number of nitrogens with one attached hydrogen (secondary N) is 3. The van der Waals surface area contributed by atoms with Gasteiger partial charge in [-0.3, -0.25) is 9.69 Å². The first-order chi connectivity index (χ1) is 15.0. The zero-order valence-corrected chi connectivity index (χ0v) is 17.9. The number of nitrogens with zero attached hydrogens (tertiary/aromatic N) is 2. The van der Waals surface area contributed by atoms with E-state index in [-0.39, 0.29) is 23.8 Å². The van der Waals surface area contributed by atoms with Gasteiger partial charge in [-0.25, -0.2) is 9.18 Å². The number of aryl methyl sites for hydroxylation is 1. The topological polar surface area (TPSA) is 80.5 Å². The summed E-state index contributed by atoms with van der Waals surface area (Å²) in [6.07, 6.45) is 5.06. The molecule has 31 heavy (non-hydrogen) atoms. The Morgan fingerprint density at radius 1 is 1.19 bits per heavy atom. The molecule has 3 amide bonds. The van der Waals surface area contributed by atoms with Crippen LogP contribution in [-0.4, -0.2) is 71.0 Å². The van der Waals surface area contributed by atoms with Crippen LogP contribution >= 0.6 is 0 Å². The van der Waals surface area contributed by atoms with Crippen LogP contribution < -0.4 is 10.6 Å². The number of hydrogen-bond donors (Lipinski definition) is 3. The van der Waals surface area contributed by atoms with Gasteiger partial charge in [-0.2, -0.15) is 0 Å². The zero-order valence-electron chi connectivity index (χ0n) is 17.9. The molecule has 3 fully saturated rings. The summed E-state index contributed by atoms with van der Waals surface area (Å²) in [7, 11) is 0. The van der Waals surface area contributed by atoms with Crippen molar-refractivity contribution in [3.05, 3.63) is 35.3 Å². The maximum atomic E-state index is 14.1. The second kappa shape index (κ2) is 8.15. The Bertz CT molecular complexity index is 966. The van der Waals surface area contributed by atoms with Gasteiger partial charge in [0.1, 0.15) is 11.5 Å². The van der Waals surface area contributed by atoms with Gasteiger partial charge in [0.2, 0.25) is 0 Å². The van der Waals surface area contributed by atoms with Crippen molar-refractivity contribution in [3.8, 4) is 0 Å². The maximum Gasteiger partial charge on any atom is 0.317 e. The van der Waals surface area contributed by atoms with Crippen LogP contribution in [0.4, 0.5) is 9.18 Å². The van der Waals surface area contributed by atoms with Crippen LogP contribution in [0.1, 0.15) is 48.2 Å². The Labute approximate surface area is 181 Å². The normalized spacial score (nSPS) is 27.1. The van der Waals surface area contributed by atoms with Crippen LogP contribution in [0, 0.1) is 12.7 Å². The lowest BCUT2D eigenvalue weighted by Gasteiger charge is -2.47. The smallest absolute Gasteiger partial charge is 0.317 e.